The summed E-state index contributed by atoms with van der Waals surface area (Å²) >= 11 is 0. The van der Waals surface area contributed by atoms with Gasteiger partial charge in [0.15, 0.2) is 5.96 Å². The molecule has 0 aromatic carbocycles. The highest BCUT2D eigenvalue weighted by Crippen LogP contribution is 2.26. The molecule has 0 aromatic heterocycles. The number of methoxy groups -OCH3 is 1. The van der Waals surface area contributed by atoms with E-state index in [0.29, 0.717) is 38.2 Å². The molecule has 0 heterocycles. The van der Waals surface area contributed by atoms with Crippen LogP contribution in [0, 0.1) is 11.8 Å². The van der Waals surface area contributed by atoms with E-state index in [1.54, 1.807) is 14.2 Å². The number of rotatable bonds is 12. The SMILES string of the molecule is CN=C(N)NCCC[C@H](NC(=O)C1CCCC(OC)C1)C(=O)N[C@@H](CC(C)C)B(O)O. The largest absolute Gasteiger partial charge is 0.475 e. The molecule has 1 rings (SSSR count). The normalized spacial score (nSPS) is 21.3. The Morgan fingerprint density at radius 2 is 1.97 bits per heavy atom. The molecule has 2 unspecified atom stereocenters. The van der Waals surface area contributed by atoms with Crippen molar-refractivity contribution in [1.82, 2.24) is 16.0 Å². The fourth-order valence-electron chi connectivity index (χ4n) is 3.80. The second-order valence-electron chi connectivity index (χ2n) is 8.62. The maximum Gasteiger partial charge on any atom is 0.475 e. The van der Waals surface area contributed by atoms with Crippen LogP contribution in [0.25, 0.3) is 0 Å². The van der Waals surface area contributed by atoms with E-state index in [9.17, 15) is 19.6 Å². The number of hydrogen-bond donors (Lipinski definition) is 6. The van der Waals surface area contributed by atoms with Crippen LogP contribution in [0.15, 0.2) is 4.99 Å². The summed E-state index contributed by atoms with van der Waals surface area (Å²) in [6.07, 6.45) is 4.63. The summed E-state index contributed by atoms with van der Waals surface area (Å²) in [6.45, 7) is 4.36. The van der Waals surface area contributed by atoms with E-state index in [0.717, 1.165) is 19.3 Å². The van der Waals surface area contributed by atoms with E-state index < -0.39 is 25.0 Å². The van der Waals surface area contributed by atoms with Crippen LogP contribution in [0.5, 0.6) is 0 Å². The van der Waals surface area contributed by atoms with E-state index in [2.05, 4.69) is 20.9 Å². The van der Waals surface area contributed by atoms with Crippen LogP contribution in [0.4, 0.5) is 0 Å². The Hall–Kier alpha value is -1.85. The highest BCUT2D eigenvalue weighted by Gasteiger charge is 2.32. The van der Waals surface area contributed by atoms with Crippen LogP contribution in [-0.2, 0) is 14.3 Å². The van der Waals surface area contributed by atoms with Crippen molar-refractivity contribution >= 4 is 24.9 Å². The molecule has 10 nitrogen and oxygen atoms in total. The average molecular weight is 441 g/mol. The zero-order valence-corrected chi connectivity index (χ0v) is 19.3. The van der Waals surface area contributed by atoms with E-state index >= 15 is 0 Å². The van der Waals surface area contributed by atoms with Gasteiger partial charge in [-0.25, -0.2) is 0 Å². The molecule has 11 heteroatoms. The molecule has 0 spiro atoms. The molecule has 0 radical (unpaired) electrons. The van der Waals surface area contributed by atoms with Crippen molar-refractivity contribution in [3.05, 3.63) is 0 Å². The summed E-state index contributed by atoms with van der Waals surface area (Å²) in [5.41, 5.74) is 5.62. The zero-order valence-electron chi connectivity index (χ0n) is 19.3. The highest BCUT2D eigenvalue weighted by atomic mass is 16.5. The topological polar surface area (TPSA) is 158 Å². The van der Waals surface area contributed by atoms with E-state index in [4.69, 9.17) is 10.5 Å². The Morgan fingerprint density at radius 1 is 1.26 bits per heavy atom. The number of nitrogens with one attached hydrogen (secondary N) is 3. The average Bonchev–Trinajstić information content (AvgIpc) is 2.74. The number of amides is 2. The van der Waals surface area contributed by atoms with Crippen LogP contribution < -0.4 is 21.7 Å². The standard InChI is InChI=1S/C20H40BN5O5/c1-13(2)11-17(21(29)30)26-19(28)16(9-6-10-24-20(22)23-3)25-18(27)14-7-5-8-15(12-14)31-4/h13-17,29-30H,5-12H2,1-4H3,(H,25,27)(H,26,28)(H3,22,23,24)/t14?,15?,16-,17-/m0/s1. The summed E-state index contributed by atoms with van der Waals surface area (Å²) in [6, 6.07) is -0.787. The van der Waals surface area contributed by atoms with Gasteiger partial charge >= 0.3 is 7.12 Å². The highest BCUT2D eigenvalue weighted by molar-refractivity contribution is 6.43. The van der Waals surface area contributed by atoms with Gasteiger partial charge in [0, 0.05) is 26.6 Å². The molecule has 0 bridgehead atoms. The maximum atomic E-state index is 12.9. The van der Waals surface area contributed by atoms with Crippen LogP contribution in [0.2, 0.25) is 0 Å². The van der Waals surface area contributed by atoms with Gasteiger partial charge < -0.3 is 36.5 Å². The van der Waals surface area contributed by atoms with Crippen molar-refractivity contribution in [3.63, 3.8) is 0 Å². The molecule has 7 N–H and O–H groups in total. The number of hydrogen-bond acceptors (Lipinski definition) is 6. The lowest BCUT2D eigenvalue weighted by atomic mass is 9.75. The molecule has 0 saturated heterocycles. The van der Waals surface area contributed by atoms with E-state index in [1.165, 1.54) is 0 Å². The van der Waals surface area contributed by atoms with Crippen LogP contribution in [0.1, 0.15) is 58.8 Å². The second-order valence-corrected chi connectivity index (χ2v) is 8.62. The molecule has 1 fully saturated rings. The summed E-state index contributed by atoms with van der Waals surface area (Å²) in [5.74, 6) is -1.14. The Morgan fingerprint density at radius 3 is 2.55 bits per heavy atom. The smallest absolute Gasteiger partial charge is 0.426 e. The van der Waals surface area contributed by atoms with Crippen molar-refractivity contribution in [3.8, 4) is 0 Å². The number of nitrogens with zero attached hydrogens (tertiary/aromatic N) is 1. The van der Waals surface area contributed by atoms with Gasteiger partial charge in [0.25, 0.3) is 0 Å². The molecule has 1 saturated carbocycles. The summed E-state index contributed by atoms with van der Waals surface area (Å²) in [7, 11) is 1.55. The van der Waals surface area contributed by atoms with Crippen LogP contribution in [0.3, 0.4) is 0 Å². The summed E-state index contributed by atoms with van der Waals surface area (Å²) in [4.78, 5) is 29.6. The molecule has 1 aliphatic rings. The van der Waals surface area contributed by atoms with Crippen LogP contribution >= 0.6 is 0 Å². The third-order valence-electron chi connectivity index (χ3n) is 5.59. The second kappa shape index (κ2) is 14.3. The first-order valence-electron chi connectivity index (χ1n) is 11.1. The number of nitrogens with two attached hydrogens (primary N) is 1. The molecule has 178 valence electrons. The molecular weight excluding hydrogens is 401 g/mol. The molecule has 4 atom stereocenters. The van der Waals surface area contributed by atoms with Crippen molar-refractivity contribution in [2.75, 3.05) is 20.7 Å². The summed E-state index contributed by atoms with van der Waals surface area (Å²) < 4.78 is 5.41. The molecular formula is C20H40BN5O5. The minimum absolute atomic E-state index is 0.0530. The van der Waals surface area contributed by atoms with Crippen LogP contribution in [-0.4, -0.2) is 73.7 Å². The van der Waals surface area contributed by atoms with Gasteiger partial charge in [-0.05, 0) is 44.4 Å². The molecule has 0 aromatic rings. The lowest BCUT2D eigenvalue weighted by molar-refractivity contribution is -0.133. The third kappa shape index (κ3) is 10.3. The van der Waals surface area contributed by atoms with Crippen molar-refractivity contribution < 1.29 is 24.4 Å². The van der Waals surface area contributed by atoms with E-state index in [1.807, 2.05) is 13.8 Å². The van der Waals surface area contributed by atoms with Gasteiger partial charge in [-0.1, -0.05) is 20.3 Å². The third-order valence-corrected chi connectivity index (χ3v) is 5.59. The van der Waals surface area contributed by atoms with Crippen molar-refractivity contribution in [1.29, 1.82) is 0 Å². The number of carbonyl (C=O) groups excluding carboxylic acids is 2. The van der Waals surface area contributed by atoms with Gasteiger partial charge in [0.05, 0.1) is 12.0 Å². The van der Waals surface area contributed by atoms with Gasteiger partial charge in [-0.3, -0.25) is 14.6 Å². The monoisotopic (exact) mass is 441 g/mol. The minimum atomic E-state index is -1.68. The fraction of sp³-hybridized carbons (Fsp3) is 0.850. The molecule has 2 amide bonds. The molecule has 31 heavy (non-hydrogen) atoms. The first-order chi connectivity index (χ1) is 14.7. The van der Waals surface area contributed by atoms with Crippen molar-refractivity contribution in [2.45, 2.75) is 76.9 Å². The van der Waals surface area contributed by atoms with Gasteiger partial charge in [0.2, 0.25) is 11.8 Å². The number of carbonyl (C=O) groups is 2. The number of ether oxygens (including phenoxy) is 1. The van der Waals surface area contributed by atoms with Crippen molar-refractivity contribution in [2.24, 2.45) is 22.6 Å². The van der Waals surface area contributed by atoms with Gasteiger partial charge in [-0.2, -0.15) is 0 Å². The Labute approximate surface area is 185 Å². The molecule has 1 aliphatic carbocycles. The number of guanidine groups is 1. The maximum absolute atomic E-state index is 12.9. The Balaban J connectivity index is 2.78. The quantitative estimate of drug-likeness (QED) is 0.103. The Kier molecular flexibility index (Phi) is 12.5. The Bertz CT molecular complexity index is 590. The zero-order chi connectivity index (χ0) is 23.4. The van der Waals surface area contributed by atoms with Gasteiger partial charge in [-0.15, -0.1) is 0 Å². The van der Waals surface area contributed by atoms with Gasteiger partial charge in [0.1, 0.15) is 6.04 Å². The molecule has 0 aliphatic heterocycles. The predicted molar refractivity (Wildman–Crippen MR) is 121 cm³/mol. The predicted octanol–water partition coefficient (Wildman–Crippen LogP) is -0.466. The first kappa shape index (κ1) is 27.2. The minimum Gasteiger partial charge on any atom is -0.426 e. The fourth-order valence-corrected chi connectivity index (χ4v) is 3.80. The summed E-state index contributed by atoms with van der Waals surface area (Å²) in [5, 5.41) is 27.8. The number of aliphatic imine (C=N–C) groups is 1. The van der Waals surface area contributed by atoms with E-state index in [-0.39, 0.29) is 23.8 Å². The lowest BCUT2D eigenvalue weighted by Crippen LogP contribution is -2.55. The first-order valence-corrected chi connectivity index (χ1v) is 11.1. The lowest BCUT2D eigenvalue weighted by Gasteiger charge is -2.29.